The van der Waals surface area contributed by atoms with Crippen LogP contribution >= 0.6 is 0 Å². The van der Waals surface area contributed by atoms with E-state index in [1.165, 1.54) is 0 Å². The molecule has 0 bridgehead atoms. The van der Waals surface area contributed by atoms with E-state index < -0.39 is 30.1 Å². The predicted octanol–water partition coefficient (Wildman–Crippen LogP) is 2.04. The second kappa shape index (κ2) is 8.00. The summed E-state index contributed by atoms with van der Waals surface area (Å²) in [6.07, 6.45) is 2.93. The molecular formula is C20H25N3O5. The molecule has 0 atom stereocenters. The minimum Gasteiger partial charge on any atom is -0.456 e. The molecule has 1 aliphatic carbocycles. The Morgan fingerprint density at radius 2 is 1.89 bits per heavy atom. The first-order valence-corrected chi connectivity index (χ1v) is 9.47. The highest BCUT2D eigenvalue weighted by Crippen LogP contribution is 2.35. The van der Waals surface area contributed by atoms with Crippen molar-refractivity contribution in [3.05, 3.63) is 29.3 Å². The Hall–Kier alpha value is -2.90. The minimum atomic E-state index is -0.785. The monoisotopic (exact) mass is 387 g/mol. The first kappa shape index (κ1) is 19.9. The van der Waals surface area contributed by atoms with Crippen LogP contribution in [0.4, 0.5) is 10.5 Å². The normalized spacial score (nSPS) is 17.7. The third kappa shape index (κ3) is 4.16. The predicted molar refractivity (Wildman–Crippen MR) is 102 cm³/mol. The van der Waals surface area contributed by atoms with Crippen LogP contribution in [0.15, 0.2) is 18.2 Å². The molecule has 8 nitrogen and oxygen atoms in total. The minimum absolute atomic E-state index is 0.0516. The summed E-state index contributed by atoms with van der Waals surface area (Å²) in [5.41, 5.74) is 2.01. The maximum absolute atomic E-state index is 12.5. The molecule has 1 heterocycles. The number of esters is 1. The molecule has 1 aliphatic heterocycles. The zero-order valence-corrected chi connectivity index (χ0v) is 16.2. The van der Waals surface area contributed by atoms with Gasteiger partial charge in [-0.3, -0.25) is 19.3 Å². The van der Waals surface area contributed by atoms with Crippen LogP contribution in [0, 0.1) is 13.8 Å². The lowest BCUT2D eigenvalue weighted by Crippen LogP contribution is -2.44. The Labute approximate surface area is 163 Å². The van der Waals surface area contributed by atoms with Crippen molar-refractivity contribution >= 4 is 29.5 Å². The van der Waals surface area contributed by atoms with Crippen LogP contribution in [0.1, 0.15) is 43.2 Å². The molecule has 1 aromatic rings. The van der Waals surface area contributed by atoms with Gasteiger partial charge in [-0.25, -0.2) is 4.79 Å². The first-order valence-electron chi connectivity index (χ1n) is 9.47. The molecule has 1 saturated carbocycles. The highest BCUT2D eigenvalue weighted by Gasteiger charge is 2.52. The molecule has 1 aromatic carbocycles. The topological polar surface area (TPSA) is 105 Å². The number of rotatable bonds is 6. The molecule has 4 amide bonds. The van der Waals surface area contributed by atoms with E-state index in [1.54, 1.807) is 6.07 Å². The number of hydrogen-bond acceptors (Lipinski definition) is 5. The van der Waals surface area contributed by atoms with Gasteiger partial charge in [0.05, 0.1) is 6.42 Å². The van der Waals surface area contributed by atoms with Crippen LogP contribution in [0.5, 0.6) is 0 Å². The van der Waals surface area contributed by atoms with Gasteiger partial charge in [0.15, 0.2) is 6.61 Å². The number of imide groups is 1. The fraction of sp³-hybridized carbons (Fsp3) is 0.500. The molecule has 1 saturated heterocycles. The number of hydrogen-bond donors (Lipinski definition) is 2. The molecular weight excluding hydrogens is 362 g/mol. The van der Waals surface area contributed by atoms with E-state index in [4.69, 9.17) is 4.74 Å². The lowest BCUT2D eigenvalue weighted by Gasteiger charge is -2.19. The van der Waals surface area contributed by atoms with E-state index in [0.29, 0.717) is 18.5 Å². The van der Waals surface area contributed by atoms with Crippen molar-refractivity contribution in [2.24, 2.45) is 0 Å². The summed E-state index contributed by atoms with van der Waals surface area (Å²) in [7, 11) is 0. The van der Waals surface area contributed by atoms with Crippen LogP contribution in [-0.4, -0.2) is 47.4 Å². The highest BCUT2D eigenvalue weighted by molar-refractivity contribution is 6.07. The summed E-state index contributed by atoms with van der Waals surface area (Å²) in [5, 5.41) is 5.42. The molecule has 150 valence electrons. The van der Waals surface area contributed by atoms with Crippen molar-refractivity contribution in [3.63, 3.8) is 0 Å². The van der Waals surface area contributed by atoms with E-state index in [2.05, 4.69) is 10.6 Å². The van der Waals surface area contributed by atoms with E-state index in [-0.39, 0.29) is 18.9 Å². The lowest BCUT2D eigenvalue weighted by molar-refractivity contribution is -0.147. The van der Waals surface area contributed by atoms with Crippen LogP contribution in [0.2, 0.25) is 0 Å². The second-order valence-corrected chi connectivity index (χ2v) is 7.43. The second-order valence-electron chi connectivity index (χ2n) is 7.43. The quantitative estimate of drug-likeness (QED) is 0.574. The number of anilines is 1. The molecule has 3 rings (SSSR count). The van der Waals surface area contributed by atoms with Crippen molar-refractivity contribution in [1.82, 2.24) is 10.2 Å². The third-order valence-corrected chi connectivity index (χ3v) is 5.40. The molecule has 2 aliphatic rings. The maximum Gasteiger partial charge on any atom is 0.325 e. The maximum atomic E-state index is 12.5. The molecule has 1 spiro atoms. The van der Waals surface area contributed by atoms with Gasteiger partial charge in [0.1, 0.15) is 5.54 Å². The number of carbonyl (C=O) groups excluding carboxylic acids is 4. The van der Waals surface area contributed by atoms with Crippen molar-refractivity contribution in [1.29, 1.82) is 0 Å². The van der Waals surface area contributed by atoms with E-state index in [1.807, 2.05) is 26.0 Å². The van der Waals surface area contributed by atoms with E-state index in [0.717, 1.165) is 28.9 Å². The number of ether oxygens (including phenoxy) is 1. The largest absolute Gasteiger partial charge is 0.456 e. The molecule has 28 heavy (non-hydrogen) atoms. The first-order chi connectivity index (χ1) is 13.3. The highest BCUT2D eigenvalue weighted by atomic mass is 16.5. The van der Waals surface area contributed by atoms with Gasteiger partial charge >= 0.3 is 12.0 Å². The smallest absolute Gasteiger partial charge is 0.325 e. The van der Waals surface area contributed by atoms with Gasteiger partial charge in [0.25, 0.3) is 11.8 Å². The van der Waals surface area contributed by atoms with Crippen LogP contribution in [0.3, 0.4) is 0 Å². The van der Waals surface area contributed by atoms with Crippen LogP contribution in [-0.2, 0) is 19.1 Å². The summed E-state index contributed by atoms with van der Waals surface area (Å²) in [6, 6.07) is 5.04. The summed E-state index contributed by atoms with van der Waals surface area (Å²) in [6.45, 7) is 3.44. The summed E-state index contributed by atoms with van der Waals surface area (Å²) >= 11 is 0. The molecule has 0 aromatic heterocycles. The Morgan fingerprint density at radius 3 is 2.57 bits per heavy atom. The van der Waals surface area contributed by atoms with Crippen molar-refractivity contribution < 1.29 is 23.9 Å². The molecule has 0 unspecified atom stereocenters. The van der Waals surface area contributed by atoms with Gasteiger partial charge in [0, 0.05) is 12.2 Å². The van der Waals surface area contributed by atoms with E-state index >= 15 is 0 Å². The van der Waals surface area contributed by atoms with Gasteiger partial charge in [0.2, 0.25) is 0 Å². The zero-order valence-electron chi connectivity index (χ0n) is 16.2. The third-order valence-electron chi connectivity index (χ3n) is 5.40. The van der Waals surface area contributed by atoms with Gasteiger partial charge in [-0.15, -0.1) is 0 Å². The Bertz CT molecular complexity index is 814. The van der Waals surface area contributed by atoms with Gasteiger partial charge in [-0.1, -0.05) is 18.9 Å². The number of urea groups is 1. The number of benzene rings is 1. The average Bonchev–Trinajstić information content (AvgIpc) is 3.21. The zero-order chi connectivity index (χ0) is 20.3. The van der Waals surface area contributed by atoms with Crippen molar-refractivity contribution in [2.45, 2.75) is 51.5 Å². The average molecular weight is 387 g/mol. The number of nitrogens with zero attached hydrogens (tertiary/aromatic N) is 1. The fourth-order valence-electron chi connectivity index (χ4n) is 3.63. The summed E-state index contributed by atoms with van der Waals surface area (Å²) < 4.78 is 4.96. The molecule has 0 radical (unpaired) electrons. The van der Waals surface area contributed by atoms with Gasteiger partial charge < -0.3 is 15.4 Å². The molecule has 8 heteroatoms. The number of carbonyl (C=O) groups is 4. The van der Waals surface area contributed by atoms with Crippen LogP contribution < -0.4 is 10.6 Å². The summed E-state index contributed by atoms with van der Waals surface area (Å²) in [4.78, 5) is 49.5. The van der Waals surface area contributed by atoms with Crippen LogP contribution in [0.25, 0.3) is 0 Å². The SMILES string of the molecule is Cc1ccc(NC(=O)COC(=O)CCN2C(=O)NC3(CCCC3)C2=O)cc1C. The number of nitrogens with one attached hydrogen (secondary N) is 2. The van der Waals surface area contributed by atoms with Crippen molar-refractivity contribution in [2.75, 3.05) is 18.5 Å². The Morgan fingerprint density at radius 1 is 1.18 bits per heavy atom. The van der Waals surface area contributed by atoms with E-state index in [9.17, 15) is 19.2 Å². The summed E-state index contributed by atoms with van der Waals surface area (Å²) in [5.74, 6) is -1.35. The fourth-order valence-corrected chi connectivity index (χ4v) is 3.63. The standard InChI is InChI=1S/C20H25N3O5/c1-13-5-6-15(11-14(13)2)21-16(24)12-28-17(25)7-10-23-18(26)20(22-19(23)27)8-3-4-9-20/h5-6,11H,3-4,7-10,12H2,1-2H3,(H,21,24)(H,22,27). The number of aryl methyl sites for hydroxylation is 2. The van der Waals surface area contributed by atoms with Gasteiger partial charge in [-0.05, 0) is 49.9 Å². The Kier molecular flexibility index (Phi) is 5.67. The molecule has 2 fully saturated rings. The Balaban J connectivity index is 1.43. The lowest BCUT2D eigenvalue weighted by atomic mass is 9.98. The van der Waals surface area contributed by atoms with Crippen molar-refractivity contribution in [3.8, 4) is 0 Å². The van der Waals surface area contributed by atoms with Gasteiger partial charge in [-0.2, -0.15) is 0 Å². The molecule has 2 N–H and O–H groups in total. The number of amides is 4.